The summed E-state index contributed by atoms with van der Waals surface area (Å²) in [5, 5.41) is 0. The van der Waals surface area contributed by atoms with Gasteiger partial charge in [0, 0.05) is 47.8 Å². The molecule has 8 heteroatoms. The molecular formula is C23H24Br2N2O4. The molecule has 1 aromatic rings. The normalized spacial score (nSPS) is 19.5. The minimum atomic E-state index is -0.569. The summed E-state index contributed by atoms with van der Waals surface area (Å²) in [6.07, 6.45) is 4.38. The van der Waals surface area contributed by atoms with E-state index in [0.29, 0.717) is 27.5 Å². The zero-order valence-corrected chi connectivity index (χ0v) is 20.5. The third-order valence-corrected chi connectivity index (χ3v) is 7.29. The van der Waals surface area contributed by atoms with Crippen molar-refractivity contribution in [1.29, 1.82) is 0 Å². The van der Waals surface area contributed by atoms with E-state index >= 15 is 0 Å². The van der Waals surface area contributed by atoms with Gasteiger partial charge in [0.1, 0.15) is 5.75 Å². The van der Waals surface area contributed by atoms with E-state index < -0.39 is 5.91 Å². The maximum atomic E-state index is 13.2. The number of Topliss-reactive ketones (excluding diaryl/α,β-unsaturated/α-hetero) is 2. The van der Waals surface area contributed by atoms with E-state index in [1.54, 1.807) is 0 Å². The van der Waals surface area contributed by atoms with Crippen LogP contribution in [-0.2, 0) is 14.4 Å². The molecule has 1 heterocycles. The summed E-state index contributed by atoms with van der Waals surface area (Å²) in [5.74, 6) is -0.250. The van der Waals surface area contributed by atoms with E-state index in [9.17, 15) is 14.4 Å². The van der Waals surface area contributed by atoms with E-state index in [-0.39, 0.29) is 24.1 Å². The Morgan fingerprint density at radius 1 is 1.03 bits per heavy atom. The van der Waals surface area contributed by atoms with Crippen LogP contribution in [0.15, 0.2) is 43.6 Å². The number of allylic oxidation sites excluding steroid dienone is 4. The first-order valence-electron chi connectivity index (χ1n) is 10.5. The number of amides is 1. The average Bonchev–Trinajstić information content (AvgIpc) is 2.71. The summed E-state index contributed by atoms with van der Waals surface area (Å²) in [7, 11) is 0. The number of hydrogen-bond acceptors (Lipinski definition) is 5. The van der Waals surface area contributed by atoms with Crippen LogP contribution in [0, 0.1) is 0 Å². The molecule has 2 aliphatic carbocycles. The van der Waals surface area contributed by atoms with Crippen molar-refractivity contribution in [2.45, 2.75) is 51.4 Å². The summed E-state index contributed by atoms with van der Waals surface area (Å²) in [4.78, 5) is 39.6. The largest absolute Gasteiger partial charge is 0.481 e. The van der Waals surface area contributed by atoms with Crippen molar-refractivity contribution in [3.63, 3.8) is 0 Å². The Morgan fingerprint density at radius 2 is 1.55 bits per heavy atom. The second-order valence-electron chi connectivity index (χ2n) is 8.02. The summed E-state index contributed by atoms with van der Waals surface area (Å²) in [6.45, 7) is 2.58. The van der Waals surface area contributed by atoms with Crippen LogP contribution in [0.25, 0.3) is 0 Å². The van der Waals surface area contributed by atoms with Gasteiger partial charge in [-0.3, -0.25) is 14.4 Å². The highest BCUT2D eigenvalue weighted by Crippen LogP contribution is 2.50. The smallest absolute Gasteiger partial charge is 0.255 e. The number of nitrogens with zero attached hydrogens (tertiary/aromatic N) is 1. The number of ketones is 2. The Labute approximate surface area is 198 Å². The quantitative estimate of drug-likeness (QED) is 0.581. The van der Waals surface area contributed by atoms with Crippen molar-refractivity contribution in [2.24, 2.45) is 5.73 Å². The van der Waals surface area contributed by atoms with Crippen molar-refractivity contribution in [1.82, 2.24) is 4.90 Å². The lowest BCUT2D eigenvalue weighted by atomic mass is 9.71. The number of carbonyl (C=O) groups is 3. The van der Waals surface area contributed by atoms with Gasteiger partial charge in [-0.2, -0.15) is 0 Å². The van der Waals surface area contributed by atoms with Gasteiger partial charge in [-0.15, -0.1) is 0 Å². The van der Waals surface area contributed by atoms with Crippen LogP contribution in [0.4, 0.5) is 0 Å². The molecule has 0 fully saturated rings. The highest BCUT2D eigenvalue weighted by atomic mass is 79.9. The molecule has 0 unspecified atom stereocenters. The van der Waals surface area contributed by atoms with Crippen LogP contribution in [0.2, 0.25) is 0 Å². The number of ether oxygens (including phenoxy) is 1. The van der Waals surface area contributed by atoms with Crippen LogP contribution in [0.3, 0.4) is 0 Å². The first-order valence-corrected chi connectivity index (χ1v) is 12.1. The minimum Gasteiger partial charge on any atom is -0.481 e. The number of halogens is 2. The van der Waals surface area contributed by atoms with E-state index in [1.807, 2.05) is 12.1 Å². The summed E-state index contributed by atoms with van der Waals surface area (Å²) in [5.41, 5.74) is 9.71. The van der Waals surface area contributed by atoms with Crippen LogP contribution >= 0.6 is 31.9 Å². The van der Waals surface area contributed by atoms with Gasteiger partial charge in [-0.1, -0.05) is 0 Å². The molecule has 0 radical (unpaired) electrons. The third-order valence-electron chi connectivity index (χ3n) is 6.12. The topological polar surface area (TPSA) is 89.7 Å². The molecule has 1 aromatic carbocycles. The van der Waals surface area contributed by atoms with Gasteiger partial charge in [0.15, 0.2) is 18.2 Å². The van der Waals surface area contributed by atoms with Crippen molar-refractivity contribution in [2.75, 3.05) is 13.2 Å². The molecule has 6 nitrogen and oxygen atoms in total. The van der Waals surface area contributed by atoms with Gasteiger partial charge in [0.05, 0.1) is 8.95 Å². The minimum absolute atomic E-state index is 0.121. The molecule has 4 rings (SSSR count). The van der Waals surface area contributed by atoms with Crippen LogP contribution in [0.1, 0.15) is 56.9 Å². The Hall–Kier alpha value is -1.93. The fourth-order valence-electron chi connectivity index (χ4n) is 4.96. The van der Waals surface area contributed by atoms with Gasteiger partial charge in [-0.05, 0) is 82.2 Å². The molecule has 0 atom stereocenters. The van der Waals surface area contributed by atoms with Crippen LogP contribution in [-0.4, -0.2) is 35.5 Å². The fourth-order valence-corrected chi connectivity index (χ4v) is 6.41. The average molecular weight is 552 g/mol. The number of hydrogen-bond donors (Lipinski definition) is 1. The van der Waals surface area contributed by atoms with Gasteiger partial charge in [0.2, 0.25) is 0 Å². The van der Waals surface area contributed by atoms with Crippen molar-refractivity contribution < 1.29 is 19.1 Å². The van der Waals surface area contributed by atoms with Gasteiger partial charge >= 0.3 is 0 Å². The predicted molar refractivity (Wildman–Crippen MR) is 123 cm³/mol. The number of carbonyl (C=O) groups excluding carboxylic acids is 3. The molecule has 0 saturated heterocycles. The lowest BCUT2D eigenvalue weighted by molar-refractivity contribution is -0.120. The van der Waals surface area contributed by atoms with Crippen LogP contribution in [0.5, 0.6) is 5.75 Å². The first-order chi connectivity index (χ1) is 14.8. The molecule has 2 N–H and O–H groups in total. The molecule has 1 amide bonds. The molecule has 0 saturated carbocycles. The Balaban J connectivity index is 1.88. The molecule has 0 bridgehead atoms. The molecule has 164 valence electrons. The summed E-state index contributed by atoms with van der Waals surface area (Å²) in [6, 6.07) is 3.76. The molecular weight excluding hydrogens is 528 g/mol. The number of primary amides is 1. The maximum absolute atomic E-state index is 13.2. The van der Waals surface area contributed by atoms with Crippen molar-refractivity contribution >= 4 is 49.3 Å². The van der Waals surface area contributed by atoms with Crippen molar-refractivity contribution in [3.05, 3.63) is 49.2 Å². The van der Waals surface area contributed by atoms with E-state index in [4.69, 9.17) is 10.5 Å². The highest BCUT2D eigenvalue weighted by molar-refractivity contribution is 9.11. The SMILES string of the molecule is CCN1C2=C(C(=O)CCC2)C(c2cc(Br)c(OCC(N)=O)c(Br)c2)C2=C1CCCC2=O. The predicted octanol–water partition coefficient (Wildman–Crippen LogP) is 4.51. The van der Waals surface area contributed by atoms with Gasteiger partial charge in [0.25, 0.3) is 5.91 Å². The molecule has 31 heavy (non-hydrogen) atoms. The third kappa shape index (κ3) is 4.00. The lowest BCUT2D eigenvalue weighted by Gasteiger charge is -2.43. The molecule has 0 aromatic heterocycles. The standard InChI is InChI=1S/C23H24Br2N2O4/c1-2-27-15-5-3-7-17(28)21(15)20(22-16(27)6-4-8-18(22)29)12-9-13(24)23(14(25)10-12)31-11-19(26)30/h9-10,20H,2-8,11H2,1H3,(H2,26,30). The second kappa shape index (κ2) is 8.90. The fraction of sp³-hybridized carbons (Fsp3) is 0.435. The Kier molecular flexibility index (Phi) is 6.40. The Morgan fingerprint density at radius 3 is 2.00 bits per heavy atom. The highest BCUT2D eigenvalue weighted by Gasteiger charge is 2.43. The Bertz CT molecular complexity index is 977. The monoisotopic (exact) mass is 550 g/mol. The zero-order chi connectivity index (χ0) is 22.3. The van der Waals surface area contributed by atoms with Crippen molar-refractivity contribution in [3.8, 4) is 5.75 Å². The number of nitrogens with two attached hydrogens (primary N) is 1. The lowest BCUT2D eigenvalue weighted by Crippen LogP contribution is -2.39. The first kappa shape index (κ1) is 22.3. The van der Waals surface area contributed by atoms with Crippen LogP contribution < -0.4 is 10.5 Å². The number of benzene rings is 1. The summed E-state index contributed by atoms with van der Waals surface area (Å²) < 4.78 is 6.79. The van der Waals surface area contributed by atoms with E-state index in [1.165, 1.54) is 0 Å². The zero-order valence-electron chi connectivity index (χ0n) is 17.3. The summed E-state index contributed by atoms with van der Waals surface area (Å²) >= 11 is 7.05. The molecule has 0 spiro atoms. The van der Waals surface area contributed by atoms with E-state index in [2.05, 4.69) is 43.7 Å². The number of rotatable bonds is 5. The second-order valence-corrected chi connectivity index (χ2v) is 9.73. The van der Waals surface area contributed by atoms with Gasteiger partial charge < -0.3 is 15.4 Å². The maximum Gasteiger partial charge on any atom is 0.255 e. The van der Waals surface area contributed by atoms with Gasteiger partial charge in [-0.25, -0.2) is 0 Å². The van der Waals surface area contributed by atoms with E-state index in [0.717, 1.165) is 60.3 Å². The molecule has 3 aliphatic rings. The molecule has 1 aliphatic heterocycles.